The third-order valence-electron chi connectivity index (χ3n) is 4.90. The van der Waals surface area contributed by atoms with E-state index < -0.39 is 22.9 Å². The second-order valence-electron chi connectivity index (χ2n) is 7.33. The van der Waals surface area contributed by atoms with Gasteiger partial charge in [0, 0.05) is 17.7 Å². The highest BCUT2D eigenvalue weighted by atomic mass is 35.5. The minimum atomic E-state index is -1.22. The number of ether oxygens (including phenoxy) is 1. The fraction of sp³-hybridized carbons (Fsp3) is 0.0833. The first-order valence-electron chi connectivity index (χ1n) is 10.4. The van der Waals surface area contributed by atoms with Crippen LogP contribution in [0, 0.1) is 10.1 Å². The largest absolute Gasteiger partial charge is 0.447 e. The van der Waals surface area contributed by atoms with Gasteiger partial charge in [0.2, 0.25) is 0 Å². The van der Waals surface area contributed by atoms with E-state index in [0.29, 0.717) is 11.5 Å². The van der Waals surface area contributed by atoms with Gasteiger partial charge in [0.25, 0.3) is 17.4 Å². The first-order valence-corrected chi connectivity index (χ1v) is 10.7. The molecule has 1 N–H and O–H groups in total. The van der Waals surface area contributed by atoms with Crippen molar-refractivity contribution < 1.29 is 19.2 Å². The summed E-state index contributed by atoms with van der Waals surface area (Å²) in [5, 5.41) is 17.6. The molecular weight excluding hydrogens is 474 g/mol. The van der Waals surface area contributed by atoms with E-state index in [4.69, 9.17) is 16.3 Å². The van der Waals surface area contributed by atoms with E-state index >= 15 is 0 Å². The Morgan fingerprint density at radius 2 is 1.71 bits per heavy atom. The van der Waals surface area contributed by atoms with Crippen molar-refractivity contribution in [3.63, 3.8) is 0 Å². The molecule has 4 rings (SSSR count). The predicted molar refractivity (Wildman–Crippen MR) is 128 cm³/mol. The smallest absolute Gasteiger partial charge is 0.379 e. The fourth-order valence-electron chi connectivity index (χ4n) is 3.14. The Balaban J connectivity index is 1.53. The summed E-state index contributed by atoms with van der Waals surface area (Å²) in [5.74, 6) is -1.37. The number of halogens is 1. The molecule has 1 atom stereocenters. The molecule has 1 heterocycles. The molecule has 176 valence electrons. The Bertz CT molecular complexity index is 1340. The van der Waals surface area contributed by atoms with Crippen LogP contribution >= 0.6 is 11.6 Å². The van der Waals surface area contributed by atoms with Gasteiger partial charge in [-0.1, -0.05) is 60.1 Å². The first kappa shape index (κ1) is 23.6. The minimum absolute atomic E-state index is 0.0261. The molecule has 0 aliphatic rings. The number of anilines is 1. The molecule has 0 bridgehead atoms. The number of hydrogen-bond donors (Lipinski definition) is 1. The SMILES string of the molecule is CC(OC(=O)c1nc(-c2ccccc2)n(-c2ccccc2)n1)C(=O)Nc1ccc([N+](=O)[O-])cc1Cl. The lowest BCUT2D eigenvalue weighted by Gasteiger charge is -2.13. The van der Waals surface area contributed by atoms with Gasteiger partial charge in [-0.3, -0.25) is 14.9 Å². The minimum Gasteiger partial charge on any atom is -0.447 e. The van der Waals surface area contributed by atoms with Crippen molar-refractivity contribution in [1.29, 1.82) is 0 Å². The van der Waals surface area contributed by atoms with Crippen molar-refractivity contribution in [2.24, 2.45) is 0 Å². The summed E-state index contributed by atoms with van der Waals surface area (Å²) >= 11 is 6.01. The normalized spacial score (nSPS) is 11.5. The van der Waals surface area contributed by atoms with Crippen LogP contribution in [0.15, 0.2) is 78.9 Å². The molecule has 0 fully saturated rings. The van der Waals surface area contributed by atoms with Crippen LogP contribution in [0.4, 0.5) is 11.4 Å². The van der Waals surface area contributed by atoms with Crippen LogP contribution in [0.1, 0.15) is 17.5 Å². The molecule has 0 spiro atoms. The number of nitrogens with zero attached hydrogens (tertiary/aromatic N) is 4. The van der Waals surface area contributed by atoms with Gasteiger partial charge >= 0.3 is 5.97 Å². The van der Waals surface area contributed by atoms with Gasteiger partial charge in [-0.2, -0.15) is 0 Å². The molecule has 0 radical (unpaired) electrons. The maximum absolute atomic E-state index is 12.8. The average Bonchev–Trinajstić information content (AvgIpc) is 3.32. The quantitative estimate of drug-likeness (QED) is 0.226. The number of nitrogens with one attached hydrogen (secondary N) is 1. The zero-order valence-electron chi connectivity index (χ0n) is 18.3. The lowest BCUT2D eigenvalue weighted by Crippen LogP contribution is -2.30. The third-order valence-corrected chi connectivity index (χ3v) is 5.21. The highest BCUT2D eigenvalue weighted by Gasteiger charge is 2.25. The number of carbonyl (C=O) groups is 2. The maximum Gasteiger partial charge on any atom is 0.379 e. The highest BCUT2D eigenvalue weighted by Crippen LogP contribution is 2.27. The van der Waals surface area contributed by atoms with E-state index in [1.165, 1.54) is 23.7 Å². The highest BCUT2D eigenvalue weighted by molar-refractivity contribution is 6.34. The molecule has 0 saturated heterocycles. The van der Waals surface area contributed by atoms with Gasteiger partial charge in [-0.25, -0.2) is 14.5 Å². The molecule has 0 saturated carbocycles. The van der Waals surface area contributed by atoms with Crippen LogP contribution in [0.3, 0.4) is 0 Å². The molecule has 11 heteroatoms. The van der Waals surface area contributed by atoms with Crippen molar-refractivity contribution in [3.05, 3.63) is 99.8 Å². The molecule has 10 nitrogen and oxygen atoms in total. The number of carbonyl (C=O) groups excluding carboxylic acids is 2. The second kappa shape index (κ2) is 10.1. The van der Waals surface area contributed by atoms with Crippen LogP contribution in [0.25, 0.3) is 17.1 Å². The number of esters is 1. The maximum atomic E-state index is 12.8. The van der Waals surface area contributed by atoms with Crippen molar-refractivity contribution >= 4 is 34.9 Å². The topological polar surface area (TPSA) is 129 Å². The van der Waals surface area contributed by atoms with Gasteiger partial charge in [0.1, 0.15) is 0 Å². The molecule has 1 unspecified atom stereocenters. The van der Waals surface area contributed by atoms with Crippen LogP contribution in [-0.4, -0.2) is 37.7 Å². The first-order chi connectivity index (χ1) is 16.8. The summed E-state index contributed by atoms with van der Waals surface area (Å²) in [7, 11) is 0. The lowest BCUT2D eigenvalue weighted by atomic mass is 10.2. The zero-order chi connectivity index (χ0) is 24.9. The van der Waals surface area contributed by atoms with Crippen molar-refractivity contribution in [2.45, 2.75) is 13.0 Å². The molecule has 1 amide bonds. The monoisotopic (exact) mass is 491 g/mol. The number of nitro benzene ring substituents is 1. The van der Waals surface area contributed by atoms with E-state index in [9.17, 15) is 19.7 Å². The predicted octanol–water partition coefficient (Wildman–Crippen LogP) is 4.68. The van der Waals surface area contributed by atoms with Crippen LogP contribution < -0.4 is 5.32 Å². The van der Waals surface area contributed by atoms with Gasteiger partial charge in [-0.05, 0) is 25.1 Å². The number of aromatic nitrogens is 3. The zero-order valence-corrected chi connectivity index (χ0v) is 19.0. The third kappa shape index (κ3) is 5.33. The number of amides is 1. The summed E-state index contributed by atoms with van der Waals surface area (Å²) in [6.07, 6.45) is -1.22. The van der Waals surface area contributed by atoms with E-state index in [0.717, 1.165) is 11.6 Å². The van der Waals surface area contributed by atoms with Crippen molar-refractivity contribution in [1.82, 2.24) is 14.8 Å². The molecule has 35 heavy (non-hydrogen) atoms. The summed E-state index contributed by atoms with van der Waals surface area (Å²) in [5.41, 5.74) is 1.35. The number of para-hydroxylation sites is 1. The van der Waals surface area contributed by atoms with Gasteiger partial charge in [0.15, 0.2) is 11.9 Å². The van der Waals surface area contributed by atoms with Gasteiger partial charge in [0.05, 0.1) is 21.3 Å². The Kier molecular flexibility index (Phi) is 6.83. The van der Waals surface area contributed by atoms with E-state index in [1.54, 1.807) is 0 Å². The van der Waals surface area contributed by atoms with Crippen molar-refractivity contribution in [3.8, 4) is 17.1 Å². The number of rotatable bonds is 7. The van der Waals surface area contributed by atoms with Crippen LogP contribution in [-0.2, 0) is 9.53 Å². The van der Waals surface area contributed by atoms with Gasteiger partial charge in [-0.15, -0.1) is 5.10 Å². The molecule has 4 aromatic rings. The number of benzene rings is 3. The fourth-order valence-corrected chi connectivity index (χ4v) is 3.36. The summed E-state index contributed by atoms with van der Waals surface area (Å²) in [4.78, 5) is 39.9. The average molecular weight is 492 g/mol. The van der Waals surface area contributed by atoms with Crippen LogP contribution in [0.5, 0.6) is 0 Å². The van der Waals surface area contributed by atoms with E-state index in [2.05, 4.69) is 15.4 Å². The molecule has 0 aliphatic heterocycles. The summed E-state index contributed by atoms with van der Waals surface area (Å²) in [6.45, 7) is 1.37. The summed E-state index contributed by atoms with van der Waals surface area (Å²) < 4.78 is 6.79. The Labute approximate surface area is 204 Å². The Morgan fingerprint density at radius 3 is 2.34 bits per heavy atom. The second-order valence-corrected chi connectivity index (χ2v) is 7.74. The lowest BCUT2D eigenvalue weighted by molar-refractivity contribution is -0.384. The van der Waals surface area contributed by atoms with Gasteiger partial charge < -0.3 is 10.1 Å². The molecule has 1 aromatic heterocycles. The number of nitro groups is 1. The van der Waals surface area contributed by atoms with E-state index in [-0.39, 0.29) is 22.2 Å². The summed E-state index contributed by atoms with van der Waals surface area (Å²) in [6, 6.07) is 22.0. The van der Waals surface area contributed by atoms with Crippen molar-refractivity contribution in [2.75, 3.05) is 5.32 Å². The molecule has 0 aliphatic carbocycles. The standard InChI is InChI=1S/C24H18ClN5O5/c1-15(23(31)26-20-13-12-18(30(33)34)14-19(20)25)35-24(32)21-27-22(16-8-4-2-5-9-16)29(28-21)17-10-6-3-7-11-17/h2-15H,1H3,(H,26,31). The molecular formula is C24H18ClN5O5. The van der Waals surface area contributed by atoms with Crippen LogP contribution in [0.2, 0.25) is 5.02 Å². The number of hydrogen-bond acceptors (Lipinski definition) is 7. The Morgan fingerprint density at radius 1 is 1.06 bits per heavy atom. The van der Waals surface area contributed by atoms with E-state index in [1.807, 2.05) is 60.7 Å². The number of non-ortho nitro benzene ring substituents is 1. The Hall–Kier alpha value is -4.57. The molecule has 3 aromatic carbocycles.